The molecule has 1 saturated heterocycles. The summed E-state index contributed by atoms with van der Waals surface area (Å²) in [6.07, 6.45) is 7.10. The van der Waals surface area contributed by atoms with Gasteiger partial charge in [-0.3, -0.25) is 4.79 Å². The average molecular weight is 334 g/mol. The maximum Gasteiger partial charge on any atom is 0.240 e. The number of anilines is 1. The standard InChI is InChI=1S/C13H19N5O.2ClH/c14-13(4-5-13)11(19)17-10-3-1-8-18(9-10)12-15-6-2-7-16-12;;/h2,6-7,10H,1,3-5,8-9,14H2,(H,17,19);2*1H. The number of nitrogens with zero attached hydrogens (tertiary/aromatic N) is 3. The highest BCUT2D eigenvalue weighted by molar-refractivity contribution is 5.89. The van der Waals surface area contributed by atoms with Crippen molar-refractivity contribution in [1.82, 2.24) is 15.3 Å². The Hall–Kier alpha value is -1.11. The predicted molar refractivity (Wildman–Crippen MR) is 86.1 cm³/mol. The van der Waals surface area contributed by atoms with Gasteiger partial charge in [0.05, 0.1) is 5.54 Å². The molecule has 21 heavy (non-hydrogen) atoms. The molecule has 0 bridgehead atoms. The van der Waals surface area contributed by atoms with Crippen LogP contribution in [0.3, 0.4) is 0 Å². The molecule has 118 valence electrons. The SMILES string of the molecule is Cl.Cl.NC1(C(=O)NC2CCCN(c3ncccn3)C2)CC1. The molecule has 1 aromatic heterocycles. The van der Waals surface area contributed by atoms with Gasteiger partial charge in [0.1, 0.15) is 0 Å². The Balaban J connectivity index is 0.00000110. The lowest BCUT2D eigenvalue weighted by molar-refractivity contribution is -0.124. The van der Waals surface area contributed by atoms with Crippen molar-refractivity contribution in [2.45, 2.75) is 37.3 Å². The lowest BCUT2D eigenvalue weighted by Gasteiger charge is -2.33. The number of hydrogen-bond acceptors (Lipinski definition) is 5. The van der Waals surface area contributed by atoms with E-state index < -0.39 is 5.54 Å². The van der Waals surface area contributed by atoms with E-state index in [0.29, 0.717) is 0 Å². The summed E-state index contributed by atoms with van der Waals surface area (Å²) in [5.41, 5.74) is 5.31. The minimum atomic E-state index is -0.592. The van der Waals surface area contributed by atoms with Gasteiger partial charge in [-0.1, -0.05) is 0 Å². The van der Waals surface area contributed by atoms with Crippen molar-refractivity contribution < 1.29 is 4.79 Å². The van der Waals surface area contributed by atoms with Gasteiger partial charge in [-0.25, -0.2) is 9.97 Å². The molecule has 1 aromatic rings. The fourth-order valence-electron chi connectivity index (χ4n) is 2.42. The molecular weight excluding hydrogens is 313 g/mol. The Labute approximate surface area is 136 Å². The van der Waals surface area contributed by atoms with Gasteiger partial charge in [0.15, 0.2) is 0 Å². The molecule has 1 atom stereocenters. The number of piperidine rings is 1. The third kappa shape index (κ3) is 4.18. The topological polar surface area (TPSA) is 84.1 Å². The van der Waals surface area contributed by atoms with Crippen LogP contribution >= 0.6 is 24.8 Å². The molecule has 2 heterocycles. The van der Waals surface area contributed by atoms with E-state index in [0.717, 1.165) is 44.7 Å². The van der Waals surface area contributed by atoms with Crippen LogP contribution in [0.15, 0.2) is 18.5 Å². The highest BCUT2D eigenvalue weighted by Gasteiger charge is 2.46. The lowest BCUT2D eigenvalue weighted by atomic mass is 10.1. The summed E-state index contributed by atoms with van der Waals surface area (Å²) in [5.74, 6) is 0.726. The maximum atomic E-state index is 12.0. The van der Waals surface area contributed by atoms with Crippen LogP contribution in [0.25, 0.3) is 0 Å². The lowest BCUT2D eigenvalue weighted by Crippen LogP contribution is -2.53. The van der Waals surface area contributed by atoms with Crippen LogP contribution in [0.5, 0.6) is 0 Å². The number of hydrogen-bond donors (Lipinski definition) is 2. The fourth-order valence-corrected chi connectivity index (χ4v) is 2.42. The van der Waals surface area contributed by atoms with Crippen molar-refractivity contribution in [2.24, 2.45) is 5.73 Å². The molecule has 1 amide bonds. The van der Waals surface area contributed by atoms with E-state index in [-0.39, 0.29) is 36.8 Å². The molecule has 6 nitrogen and oxygen atoms in total. The van der Waals surface area contributed by atoms with Gasteiger partial charge >= 0.3 is 0 Å². The molecule has 1 aliphatic carbocycles. The van der Waals surface area contributed by atoms with E-state index >= 15 is 0 Å². The van der Waals surface area contributed by atoms with Crippen molar-refractivity contribution in [3.8, 4) is 0 Å². The third-order valence-electron chi connectivity index (χ3n) is 3.83. The number of halogens is 2. The number of nitrogens with one attached hydrogen (secondary N) is 1. The first-order valence-electron chi connectivity index (χ1n) is 6.79. The smallest absolute Gasteiger partial charge is 0.240 e. The second-order valence-electron chi connectivity index (χ2n) is 5.46. The van der Waals surface area contributed by atoms with Crippen LogP contribution in [-0.4, -0.2) is 40.5 Å². The van der Waals surface area contributed by atoms with Gasteiger partial charge in [-0.2, -0.15) is 0 Å². The molecule has 0 aromatic carbocycles. The van der Waals surface area contributed by atoms with Gasteiger partial charge in [0.25, 0.3) is 0 Å². The first-order chi connectivity index (χ1) is 9.17. The number of carbonyl (C=O) groups is 1. The minimum absolute atomic E-state index is 0. The predicted octanol–water partition coefficient (Wildman–Crippen LogP) is 0.896. The molecule has 0 radical (unpaired) electrons. The summed E-state index contributed by atoms with van der Waals surface area (Å²) in [6, 6.07) is 1.95. The molecule has 1 aliphatic heterocycles. The van der Waals surface area contributed by atoms with Crippen LogP contribution in [0, 0.1) is 0 Å². The third-order valence-corrected chi connectivity index (χ3v) is 3.83. The van der Waals surface area contributed by atoms with Crippen LogP contribution in [-0.2, 0) is 4.79 Å². The van der Waals surface area contributed by atoms with Crippen molar-refractivity contribution in [3.63, 3.8) is 0 Å². The van der Waals surface area contributed by atoms with Crippen LogP contribution in [0.2, 0.25) is 0 Å². The Bertz CT molecular complexity index is 469. The molecule has 2 aliphatic rings. The summed E-state index contributed by atoms with van der Waals surface area (Å²) in [5, 5.41) is 3.06. The highest BCUT2D eigenvalue weighted by Crippen LogP contribution is 2.32. The van der Waals surface area contributed by atoms with Gasteiger partial charge < -0.3 is 16.0 Å². The molecule has 3 rings (SSSR count). The van der Waals surface area contributed by atoms with E-state index in [1.165, 1.54) is 0 Å². The van der Waals surface area contributed by atoms with Crippen LogP contribution in [0.4, 0.5) is 5.95 Å². The van der Waals surface area contributed by atoms with Gasteiger partial charge in [0, 0.05) is 31.5 Å². The van der Waals surface area contributed by atoms with Crippen molar-refractivity contribution in [3.05, 3.63) is 18.5 Å². The zero-order valence-electron chi connectivity index (χ0n) is 11.7. The largest absolute Gasteiger partial charge is 0.350 e. The van der Waals surface area contributed by atoms with E-state index in [1.807, 2.05) is 0 Å². The number of carbonyl (C=O) groups excluding carboxylic acids is 1. The van der Waals surface area contributed by atoms with Gasteiger partial charge in [-0.05, 0) is 31.7 Å². The molecule has 1 unspecified atom stereocenters. The number of nitrogens with two attached hydrogens (primary N) is 1. The first kappa shape index (κ1) is 17.9. The van der Waals surface area contributed by atoms with Crippen LogP contribution in [0.1, 0.15) is 25.7 Å². The molecule has 2 fully saturated rings. The average Bonchev–Trinajstić information content (AvgIpc) is 3.20. The normalized spacial score (nSPS) is 22.5. The summed E-state index contributed by atoms with van der Waals surface area (Å²) < 4.78 is 0. The van der Waals surface area contributed by atoms with E-state index in [9.17, 15) is 4.79 Å². The highest BCUT2D eigenvalue weighted by atomic mass is 35.5. The van der Waals surface area contributed by atoms with Crippen molar-refractivity contribution in [2.75, 3.05) is 18.0 Å². The van der Waals surface area contributed by atoms with Crippen molar-refractivity contribution >= 4 is 36.7 Å². The van der Waals surface area contributed by atoms with E-state index in [1.54, 1.807) is 18.5 Å². The van der Waals surface area contributed by atoms with Crippen molar-refractivity contribution in [1.29, 1.82) is 0 Å². The van der Waals surface area contributed by atoms with E-state index in [2.05, 4.69) is 20.2 Å². The molecule has 8 heteroatoms. The Morgan fingerprint density at radius 3 is 2.62 bits per heavy atom. The molecule has 3 N–H and O–H groups in total. The number of amides is 1. The molecular formula is C13H21Cl2N5O. The zero-order chi connectivity index (χ0) is 13.3. The molecule has 1 saturated carbocycles. The quantitative estimate of drug-likeness (QED) is 0.858. The second-order valence-corrected chi connectivity index (χ2v) is 5.46. The van der Waals surface area contributed by atoms with Gasteiger partial charge in [-0.15, -0.1) is 24.8 Å². The summed E-state index contributed by atoms with van der Waals surface area (Å²) >= 11 is 0. The number of rotatable bonds is 3. The maximum absolute atomic E-state index is 12.0. The number of aromatic nitrogens is 2. The monoisotopic (exact) mass is 333 g/mol. The van der Waals surface area contributed by atoms with E-state index in [4.69, 9.17) is 5.73 Å². The summed E-state index contributed by atoms with van der Waals surface area (Å²) in [7, 11) is 0. The summed E-state index contributed by atoms with van der Waals surface area (Å²) in [6.45, 7) is 1.69. The van der Waals surface area contributed by atoms with Gasteiger partial charge in [0.2, 0.25) is 11.9 Å². The fraction of sp³-hybridized carbons (Fsp3) is 0.615. The Kier molecular flexibility index (Phi) is 6.19. The molecule has 0 spiro atoms. The Morgan fingerprint density at radius 1 is 1.33 bits per heavy atom. The minimum Gasteiger partial charge on any atom is -0.350 e. The zero-order valence-corrected chi connectivity index (χ0v) is 13.3. The Morgan fingerprint density at radius 2 is 2.00 bits per heavy atom. The first-order valence-corrected chi connectivity index (χ1v) is 6.79. The second kappa shape index (κ2) is 7.24. The van der Waals surface area contributed by atoms with Crippen LogP contribution < -0.4 is 16.0 Å². The summed E-state index contributed by atoms with van der Waals surface area (Å²) in [4.78, 5) is 22.6.